The summed E-state index contributed by atoms with van der Waals surface area (Å²) in [5.74, 6) is 0.781. The summed E-state index contributed by atoms with van der Waals surface area (Å²) < 4.78 is 26.2. The number of hydrogen-bond donors (Lipinski definition) is 2. The average molecular weight is 369 g/mol. The van der Waals surface area contributed by atoms with E-state index in [1.54, 1.807) is 23.7 Å². The molecule has 0 spiro atoms. The van der Waals surface area contributed by atoms with Crippen LogP contribution in [0, 0.1) is 13.8 Å². The normalized spacial score (nSPS) is 12.0. The lowest BCUT2D eigenvalue weighted by molar-refractivity contribution is 0.590. The lowest BCUT2D eigenvalue weighted by Gasteiger charge is -2.06. The van der Waals surface area contributed by atoms with Gasteiger partial charge in [0.2, 0.25) is 10.0 Å². The van der Waals surface area contributed by atoms with Crippen LogP contribution in [0.1, 0.15) is 15.3 Å². The Morgan fingerprint density at radius 2 is 1.96 bits per heavy atom. The number of aryl methyl sites for hydroxylation is 2. The summed E-state index contributed by atoms with van der Waals surface area (Å²) in [7, 11) is -1.97. The molecular weight excluding hydrogens is 352 g/mol. The minimum atomic E-state index is -3.38. The Balaban J connectivity index is 1.85. The van der Waals surface area contributed by atoms with E-state index in [2.05, 4.69) is 33.9 Å². The maximum Gasteiger partial charge on any atom is 0.249 e. The Kier molecular flexibility index (Phi) is 4.37. The zero-order valence-corrected chi connectivity index (χ0v) is 15.3. The van der Waals surface area contributed by atoms with Crippen LogP contribution < -0.4 is 10.0 Å². The quantitative estimate of drug-likeness (QED) is 0.723. The second-order valence-electron chi connectivity index (χ2n) is 4.97. The minimum Gasteiger partial charge on any atom is -0.365 e. The third kappa shape index (κ3) is 3.09. The Bertz CT molecular complexity index is 960. The lowest BCUT2D eigenvalue weighted by atomic mass is 10.2. The number of anilines is 1. The summed E-state index contributed by atoms with van der Waals surface area (Å²) in [4.78, 5) is 11.7. The molecule has 6 nitrogen and oxygen atoms in total. The molecule has 3 heterocycles. The van der Waals surface area contributed by atoms with Crippen molar-refractivity contribution in [2.24, 2.45) is 0 Å². The van der Waals surface area contributed by atoms with Crippen molar-refractivity contribution >= 4 is 48.7 Å². The number of rotatable bonds is 5. The standard InChI is InChI=1S/C14H16N4O2S3/c1-8-9(2)21-14-12(8)13(17-7-18-14)16-6-10-4-5-11(22-10)23(19,20)15-3/h4-5,7,15H,6H2,1-3H3,(H,16,17,18). The molecule has 0 saturated carbocycles. The molecule has 3 aromatic heterocycles. The summed E-state index contributed by atoms with van der Waals surface area (Å²) in [6.07, 6.45) is 1.55. The fourth-order valence-electron chi connectivity index (χ4n) is 2.19. The van der Waals surface area contributed by atoms with Crippen molar-refractivity contribution in [2.75, 3.05) is 12.4 Å². The molecule has 0 aliphatic carbocycles. The van der Waals surface area contributed by atoms with Gasteiger partial charge in [-0.2, -0.15) is 0 Å². The number of sulfonamides is 1. The number of fused-ring (bicyclic) bond motifs is 1. The Hall–Kier alpha value is -1.55. The molecule has 0 fully saturated rings. The molecule has 0 unspecified atom stereocenters. The van der Waals surface area contributed by atoms with E-state index >= 15 is 0 Å². The highest BCUT2D eigenvalue weighted by molar-refractivity contribution is 7.91. The van der Waals surface area contributed by atoms with Gasteiger partial charge in [0.15, 0.2) is 0 Å². The van der Waals surface area contributed by atoms with Gasteiger partial charge in [-0.1, -0.05) is 0 Å². The maximum atomic E-state index is 11.8. The third-order valence-electron chi connectivity index (χ3n) is 3.57. The van der Waals surface area contributed by atoms with Gasteiger partial charge < -0.3 is 5.32 Å². The first kappa shape index (κ1) is 16.3. The molecule has 0 aromatic carbocycles. The van der Waals surface area contributed by atoms with Crippen LogP contribution in [0.2, 0.25) is 0 Å². The zero-order valence-electron chi connectivity index (χ0n) is 12.9. The molecule has 9 heteroatoms. The highest BCUT2D eigenvalue weighted by Crippen LogP contribution is 2.33. The van der Waals surface area contributed by atoms with Crippen LogP contribution >= 0.6 is 22.7 Å². The second kappa shape index (κ2) is 6.16. The molecular formula is C14H16N4O2S3. The van der Waals surface area contributed by atoms with Crippen molar-refractivity contribution in [1.82, 2.24) is 14.7 Å². The first-order chi connectivity index (χ1) is 10.9. The van der Waals surface area contributed by atoms with E-state index < -0.39 is 10.0 Å². The van der Waals surface area contributed by atoms with Gasteiger partial charge in [0.05, 0.1) is 11.9 Å². The van der Waals surface area contributed by atoms with Crippen LogP contribution in [0.4, 0.5) is 5.82 Å². The van der Waals surface area contributed by atoms with E-state index in [1.165, 1.54) is 28.8 Å². The molecule has 0 amide bonds. The molecule has 0 bridgehead atoms. The molecule has 0 atom stereocenters. The maximum absolute atomic E-state index is 11.8. The van der Waals surface area contributed by atoms with E-state index in [0.29, 0.717) is 10.8 Å². The predicted molar refractivity (Wildman–Crippen MR) is 94.8 cm³/mol. The van der Waals surface area contributed by atoms with Gasteiger partial charge in [0.1, 0.15) is 21.2 Å². The van der Waals surface area contributed by atoms with Crippen LogP contribution in [0.15, 0.2) is 22.7 Å². The van der Waals surface area contributed by atoms with Gasteiger partial charge in [-0.25, -0.2) is 23.1 Å². The van der Waals surface area contributed by atoms with Crippen LogP contribution in [0.3, 0.4) is 0 Å². The molecule has 23 heavy (non-hydrogen) atoms. The van der Waals surface area contributed by atoms with Crippen LogP contribution in [0.5, 0.6) is 0 Å². The van der Waals surface area contributed by atoms with Crippen molar-refractivity contribution in [3.63, 3.8) is 0 Å². The van der Waals surface area contributed by atoms with Gasteiger partial charge in [-0.3, -0.25) is 0 Å². The molecule has 0 saturated heterocycles. The van der Waals surface area contributed by atoms with Crippen LogP contribution in [0.25, 0.3) is 10.2 Å². The molecule has 3 rings (SSSR count). The molecule has 3 aromatic rings. The van der Waals surface area contributed by atoms with E-state index in [0.717, 1.165) is 20.9 Å². The molecule has 122 valence electrons. The third-order valence-corrected chi connectivity index (χ3v) is 7.67. The fraction of sp³-hybridized carbons (Fsp3) is 0.286. The van der Waals surface area contributed by atoms with Gasteiger partial charge in [-0.15, -0.1) is 22.7 Å². The Labute approximate surface area is 142 Å². The van der Waals surface area contributed by atoms with Gasteiger partial charge in [-0.05, 0) is 38.6 Å². The summed E-state index contributed by atoms with van der Waals surface area (Å²) >= 11 is 2.89. The van der Waals surface area contributed by atoms with Crippen LogP contribution in [-0.4, -0.2) is 25.4 Å². The number of hydrogen-bond acceptors (Lipinski definition) is 7. The fourth-order valence-corrected chi connectivity index (χ4v) is 5.32. The van der Waals surface area contributed by atoms with Crippen molar-refractivity contribution in [3.8, 4) is 0 Å². The highest BCUT2D eigenvalue weighted by Gasteiger charge is 2.15. The van der Waals surface area contributed by atoms with Crippen LogP contribution in [-0.2, 0) is 16.6 Å². The summed E-state index contributed by atoms with van der Waals surface area (Å²) in [6.45, 7) is 4.65. The van der Waals surface area contributed by atoms with Crippen molar-refractivity contribution in [3.05, 3.63) is 33.8 Å². The lowest BCUT2D eigenvalue weighted by Crippen LogP contribution is -2.17. The van der Waals surface area contributed by atoms with E-state index in [-0.39, 0.29) is 0 Å². The van der Waals surface area contributed by atoms with E-state index in [1.807, 2.05) is 6.07 Å². The zero-order chi connectivity index (χ0) is 16.6. The van der Waals surface area contributed by atoms with Gasteiger partial charge >= 0.3 is 0 Å². The Morgan fingerprint density at radius 1 is 1.17 bits per heavy atom. The van der Waals surface area contributed by atoms with Crippen molar-refractivity contribution < 1.29 is 8.42 Å². The Morgan fingerprint density at radius 3 is 2.70 bits per heavy atom. The van der Waals surface area contributed by atoms with E-state index in [9.17, 15) is 8.42 Å². The van der Waals surface area contributed by atoms with Crippen molar-refractivity contribution in [2.45, 2.75) is 24.6 Å². The van der Waals surface area contributed by atoms with Gasteiger partial charge in [0, 0.05) is 9.75 Å². The highest BCUT2D eigenvalue weighted by atomic mass is 32.2. The minimum absolute atomic E-state index is 0.312. The molecule has 0 aliphatic heterocycles. The number of thiophene rings is 2. The van der Waals surface area contributed by atoms with Crippen molar-refractivity contribution in [1.29, 1.82) is 0 Å². The van der Waals surface area contributed by atoms with E-state index in [4.69, 9.17) is 0 Å². The number of aromatic nitrogens is 2. The SMILES string of the molecule is CNS(=O)(=O)c1ccc(CNc2ncnc3sc(C)c(C)c23)s1. The predicted octanol–water partition coefficient (Wildman–Crippen LogP) is 2.89. The topological polar surface area (TPSA) is 84.0 Å². The summed E-state index contributed by atoms with van der Waals surface area (Å²) in [5.41, 5.74) is 1.18. The van der Waals surface area contributed by atoms with Gasteiger partial charge in [0.25, 0.3) is 0 Å². The smallest absolute Gasteiger partial charge is 0.249 e. The number of nitrogens with one attached hydrogen (secondary N) is 2. The largest absolute Gasteiger partial charge is 0.365 e. The number of nitrogens with zero attached hydrogens (tertiary/aromatic N) is 2. The molecule has 0 aliphatic rings. The summed E-state index contributed by atoms with van der Waals surface area (Å²) in [6, 6.07) is 3.43. The first-order valence-corrected chi connectivity index (χ1v) is 10.0. The second-order valence-corrected chi connectivity index (χ2v) is 9.45. The average Bonchev–Trinajstić information content (AvgIpc) is 3.12. The molecule has 2 N–H and O–H groups in total. The monoisotopic (exact) mass is 368 g/mol. The molecule has 0 radical (unpaired) electrons. The summed E-state index contributed by atoms with van der Waals surface area (Å²) in [5, 5.41) is 4.33. The first-order valence-electron chi connectivity index (χ1n) is 6.89.